The van der Waals surface area contributed by atoms with Gasteiger partial charge in [0.25, 0.3) is 0 Å². The normalized spacial score (nSPS) is 11.7. The summed E-state index contributed by atoms with van der Waals surface area (Å²) in [5, 5.41) is 0.581. The van der Waals surface area contributed by atoms with Crippen molar-refractivity contribution in [1.29, 1.82) is 0 Å². The first kappa shape index (κ1) is 10.5. The Labute approximate surface area is 87.2 Å². The van der Waals surface area contributed by atoms with Gasteiger partial charge in [0, 0.05) is 17.8 Å². The number of carbonyl (C=O) groups excluding carboxylic acids is 1. The molecule has 84 valence electrons. The van der Waals surface area contributed by atoms with Crippen LogP contribution in [-0.4, -0.2) is 21.9 Å². The number of carbonyl (C=O) groups is 1. The Kier molecular flexibility index (Phi) is 2.30. The van der Waals surface area contributed by atoms with Crippen LogP contribution in [0.1, 0.15) is 0 Å². The summed E-state index contributed by atoms with van der Waals surface area (Å²) in [7, 11) is 0. The topological polar surface area (TPSA) is 44.1 Å². The standard InChI is InChI=1S/C9H5F3N2O2/c10-9(11,12)8(15)16-14-5-3-6-2-1-4-13-7(6)14/h1-5H. The number of hydrogen-bond acceptors (Lipinski definition) is 3. The fraction of sp³-hybridized carbons (Fsp3) is 0.111. The van der Waals surface area contributed by atoms with Gasteiger partial charge in [0.2, 0.25) is 0 Å². The molecule has 2 rings (SSSR count). The minimum Gasteiger partial charge on any atom is -0.326 e. The Balaban J connectivity index is 2.32. The van der Waals surface area contributed by atoms with E-state index in [2.05, 4.69) is 9.82 Å². The second-order valence-electron chi connectivity index (χ2n) is 2.93. The van der Waals surface area contributed by atoms with E-state index < -0.39 is 12.1 Å². The number of rotatable bonds is 1. The molecule has 0 saturated heterocycles. The number of nitrogens with zero attached hydrogens (tertiary/aromatic N) is 2. The number of halogens is 3. The summed E-state index contributed by atoms with van der Waals surface area (Å²) in [6, 6.07) is 4.75. The van der Waals surface area contributed by atoms with Crippen LogP contribution in [-0.2, 0) is 4.79 Å². The molecule has 0 amide bonds. The number of pyridine rings is 1. The van der Waals surface area contributed by atoms with Crippen LogP contribution >= 0.6 is 0 Å². The van der Waals surface area contributed by atoms with E-state index in [4.69, 9.17) is 0 Å². The molecule has 0 aliphatic rings. The van der Waals surface area contributed by atoms with Gasteiger partial charge in [0.1, 0.15) is 0 Å². The van der Waals surface area contributed by atoms with E-state index in [1.54, 1.807) is 12.1 Å². The monoisotopic (exact) mass is 230 g/mol. The molecule has 7 heteroatoms. The van der Waals surface area contributed by atoms with Crippen molar-refractivity contribution in [3.63, 3.8) is 0 Å². The molecule has 0 fully saturated rings. The average molecular weight is 230 g/mol. The number of aromatic nitrogens is 2. The van der Waals surface area contributed by atoms with Crippen molar-refractivity contribution in [2.24, 2.45) is 0 Å². The minimum atomic E-state index is -5.02. The van der Waals surface area contributed by atoms with Crippen molar-refractivity contribution in [2.45, 2.75) is 6.18 Å². The largest absolute Gasteiger partial charge is 0.493 e. The zero-order chi connectivity index (χ0) is 11.8. The van der Waals surface area contributed by atoms with Crippen LogP contribution in [0, 0.1) is 0 Å². The molecule has 0 aromatic carbocycles. The Morgan fingerprint density at radius 1 is 1.38 bits per heavy atom. The fourth-order valence-electron chi connectivity index (χ4n) is 1.16. The average Bonchev–Trinajstić information content (AvgIpc) is 2.61. The first-order valence-corrected chi connectivity index (χ1v) is 4.20. The van der Waals surface area contributed by atoms with Gasteiger partial charge < -0.3 is 4.84 Å². The molecule has 0 spiro atoms. The van der Waals surface area contributed by atoms with Crippen LogP contribution in [0.3, 0.4) is 0 Å². The van der Waals surface area contributed by atoms with Gasteiger partial charge in [0.05, 0.1) is 0 Å². The van der Waals surface area contributed by atoms with Crippen molar-refractivity contribution < 1.29 is 22.8 Å². The predicted octanol–water partition coefficient (Wildman–Crippen LogP) is 1.55. The highest BCUT2D eigenvalue weighted by molar-refractivity contribution is 5.79. The fourth-order valence-corrected chi connectivity index (χ4v) is 1.16. The summed E-state index contributed by atoms with van der Waals surface area (Å²) in [5.74, 6) is -2.28. The van der Waals surface area contributed by atoms with Gasteiger partial charge in [-0.15, -0.1) is 0 Å². The van der Waals surface area contributed by atoms with E-state index >= 15 is 0 Å². The smallest absolute Gasteiger partial charge is 0.326 e. The highest BCUT2D eigenvalue weighted by Gasteiger charge is 2.42. The van der Waals surface area contributed by atoms with Crippen molar-refractivity contribution in [1.82, 2.24) is 9.71 Å². The third-order valence-electron chi connectivity index (χ3n) is 1.83. The first-order chi connectivity index (χ1) is 7.48. The van der Waals surface area contributed by atoms with E-state index in [0.717, 1.165) is 0 Å². The number of alkyl halides is 3. The van der Waals surface area contributed by atoms with Gasteiger partial charge in [-0.2, -0.15) is 17.9 Å². The maximum Gasteiger partial charge on any atom is 0.493 e. The van der Waals surface area contributed by atoms with E-state index in [-0.39, 0.29) is 5.65 Å². The summed E-state index contributed by atoms with van der Waals surface area (Å²) in [5.41, 5.74) is 0.153. The maximum atomic E-state index is 11.9. The molecule has 0 radical (unpaired) electrons. The lowest BCUT2D eigenvalue weighted by atomic mass is 10.3. The third kappa shape index (κ3) is 1.83. The van der Waals surface area contributed by atoms with Crippen LogP contribution in [0.2, 0.25) is 0 Å². The van der Waals surface area contributed by atoms with Crippen LogP contribution in [0.4, 0.5) is 13.2 Å². The van der Waals surface area contributed by atoms with Gasteiger partial charge in [-0.25, -0.2) is 9.78 Å². The van der Waals surface area contributed by atoms with Gasteiger partial charge in [0.15, 0.2) is 5.65 Å². The summed E-state index contributed by atoms with van der Waals surface area (Å²) in [6.07, 6.45) is -2.44. The van der Waals surface area contributed by atoms with Crippen molar-refractivity contribution in [3.05, 3.63) is 30.6 Å². The molecule has 4 nitrogen and oxygen atoms in total. The molecule has 0 saturated carbocycles. The van der Waals surface area contributed by atoms with E-state index in [9.17, 15) is 18.0 Å². The summed E-state index contributed by atoms with van der Waals surface area (Å²) >= 11 is 0. The SMILES string of the molecule is O=C(On1ccc2cccnc21)C(F)(F)F. The predicted molar refractivity (Wildman–Crippen MR) is 47.4 cm³/mol. The lowest BCUT2D eigenvalue weighted by molar-refractivity contribution is -0.199. The van der Waals surface area contributed by atoms with Crippen LogP contribution < -0.4 is 4.84 Å². The molecule has 0 unspecified atom stereocenters. The molecule has 0 N–H and O–H groups in total. The molecule has 2 aromatic heterocycles. The molecule has 0 atom stereocenters. The maximum absolute atomic E-state index is 11.9. The number of fused-ring (bicyclic) bond motifs is 1. The van der Waals surface area contributed by atoms with Crippen molar-refractivity contribution in [3.8, 4) is 0 Å². The van der Waals surface area contributed by atoms with Crippen molar-refractivity contribution in [2.75, 3.05) is 0 Å². The highest BCUT2D eigenvalue weighted by Crippen LogP contribution is 2.17. The Morgan fingerprint density at radius 3 is 2.81 bits per heavy atom. The Bertz CT molecular complexity index is 533. The van der Waals surface area contributed by atoms with E-state index in [0.29, 0.717) is 10.1 Å². The quantitative estimate of drug-likeness (QED) is 0.746. The summed E-state index contributed by atoms with van der Waals surface area (Å²) in [4.78, 5) is 18.5. The number of hydrogen-bond donors (Lipinski definition) is 0. The lowest BCUT2D eigenvalue weighted by Gasteiger charge is -2.07. The Morgan fingerprint density at radius 2 is 2.12 bits per heavy atom. The van der Waals surface area contributed by atoms with Gasteiger partial charge >= 0.3 is 12.1 Å². The molecule has 0 aliphatic carbocycles. The van der Waals surface area contributed by atoms with E-state index in [1.165, 1.54) is 18.5 Å². The molecular weight excluding hydrogens is 225 g/mol. The zero-order valence-electron chi connectivity index (χ0n) is 7.73. The van der Waals surface area contributed by atoms with Gasteiger partial charge in [-0.1, -0.05) is 0 Å². The Hall–Kier alpha value is -2.05. The summed E-state index contributed by atoms with van der Waals surface area (Å²) in [6.45, 7) is 0. The second kappa shape index (κ2) is 3.51. The zero-order valence-corrected chi connectivity index (χ0v) is 7.73. The molecule has 0 bridgehead atoms. The van der Waals surface area contributed by atoms with Crippen LogP contribution in [0.25, 0.3) is 11.0 Å². The molecule has 2 heterocycles. The molecule has 2 aromatic rings. The minimum absolute atomic E-state index is 0.153. The molecular formula is C9H5F3N2O2. The highest BCUT2D eigenvalue weighted by atomic mass is 19.4. The van der Waals surface area contributed by atoms with E-state index in [1.807, 2.05) is 0 Å². The molecule has 0 aliphatic heterocycles. The lowest BCUT2D eigenvalue weighted by Crippen LogP contribution is -2.33. The summed E-state index contributed by atoms with van der Waals surface area (Å²) < 4.78 is 36.5. The second-order valence-corrected chi connectivity index (χ2v) is 2.93. The van der Waals surface area contributed by atoms with Gasteiger partial charge in [-0.3, -0.25) is 0 Å². The first-order valence-electron chi connectivity index (χ1n) is 4.20. The van der Waals surface area contributed by atoms with Gasteiger partial charge in [-0.05, 0) is 18.2 Å². The van der Waals surface area contributed by atoms with Crippen LogP contribution in [0.5, 0.6) is 0 Å². The third-order valence-corrected chi connectivity index (χ3v) is 1.83. The molecule has 16 heavy (non-hydrogen) atoms. The van der Waals surface area contributed by atoms with Crippen molar-refractivity contribution >= 4 is 17.0 Å². The van der Waals surface area contributed by atoms with Crippen LogP contribution in [0.15, 0.2) is 30.6 Å².